The van der Waals surface area contributed by atoms with E-state index in [-0.39, 0.29) is 0 Å². The van der Waals surface area contributed by atoms with Gasteiger partial charge in [-0.05, 0) is 37.0 Å². The van der Waals surface area contributed by atoms with Crippen molar-refractivity contribution in [3.05, 3.63) is 23.3 Å². The lowest BCUT2D eigenvalue weighted by molar-refractivity contribution is 0.607. The number of H-pyrrole nitrogens is 1. The summed E-state index contributed by atoms with van der Waals surface area (Å²) >= 11 is 0. The summed E-state index contributed by atoms with van der Waals surface area (Å²) in [5.74, 6) is 0. The Labute approximate surface area is 109 Å². The molecule has 0 aliphatic carbocycles. The van der Waals surface area contributed by atoms with Gasteiger partial charge in [0.1, 0.15) is 11.0 Å². The molecule has 0 saturated heterocycles. The maximum absolute atomic E-state index is 4.27. The van der Waals surface area contributed by atoms with Gasteiger partial charge in [-0.2, -0.15) is 15.4 Å². The molecular weight excluding hydrogens is 222 g/mol. The van der Waals surface area contributed by atoms with Gasteiger partial charge < -0.3 is 0 Å². The largest absolute Gasteiger partial charge is 0.197 e. The zero-order chi connectivity index (χ0) is 12.8. The first kappa shape index (κ1) is 13.1. The predicted molar refractivity (Wildman–Crippen MR) is 75.7 cm³/mol. The smallest absolute Gasteiger partial charge is 0.116 e. The molecule has 0 fully saturated rings. The third-order valence-electron chi connectivity index (χ3n) is 3.61. The Bertz CT molecular complexity index is 487. The first-order valence-corrected chi connectivity index (χ1v) is 7.12. The molecular formula is C15H23N3. The summed E-state index contributed by atoms with van der Waals surface area (Å²) in [6.07, 6.45) is 9.15. The summed E-state index contributed by atoms with van der Waals surface area (Å²) < 4.78 is 0. The lowest BCUT2D eigenvalue weighted by atomic mass is 10.00. The highest BCUT2D eigenvalue weighted by Crippen LogP contribution is 2.20. The molecule has 3 heteroatoms. The van der Waals surface area contributed by atoms with Gasteiger partial charge in [0.15, 0.2) is 0 Å². The van der Waals surface area contributed by atoms with Crippen LogP contribution >= 0.6 is 0 Å². The monoisotopic (exact) mass is 245 g/mol. The molecule has 0 radical (unpaired) electrons. The van der Waals surface area contributed by atoms with E-state index in [1.807, 2.05) is 6.07 Å². The van der Waals surface area contributed by atoms with Crippen LogP contribution in [0.2, 0.25) is 0 Å². The SMILES string of the molecule is CCCCCCCCc1c(C)ccc2n[nH]nc12. The fourth-order valence-corrected chi connectivity index (χ4v) is 2.47. The molecule has 2 aromatic rings. The summed E-state index contributed by atoms with van der Waals surface area (Å²) in [6.45, 7) is 4.43. The first-order chi connectivity index (χ1) is 8.83. The van der Waals surface area contributed by atoms with Crippen molar-refractivity contribution in [1.82, 2.24) is 15.4 Å². The zero-order valence-corrected chi connectivity index (χ0v) is 11.5. The van der Waals surface area contributed by atoms with Gasteiger partial charge in [0.25, 0.3) is 0 Å². The van der Waals surface area contributed by atoms with Gasteiger partial charge >= 0.3 is 0 Å². The molecule has 0 aliphatic heterocycles. The fourth-order valence-electron chi connectivity index (χ4n) is 2.47. The molecule has 0 spiro atoms. The molecule has 1 N–H and O–H groups in total. The molecule has 3 nitrogen and oxygen atoms in total. The van der Waals surface area contributed by atoms with Crippen LogP contribution < -0.4 is 0 Å². The Kier molecular flexibility index (Phi) is 4.73. The van der Waals surface area contributed by atoms with Crippen LogP contribution in [-0.4, -0.2) is 15.4 Å². The van der Waals surface area contributed by atoms with Crippen LogP contribution in [0.25, 0.3) is 11.0 Å². The molecule has 0 aliphatic rings. The normalized spacial score (nSPS) is 11.2. The second kappa shape index (κ2) is 6.53. The number of aryl methyl sites for hydroxylation is 2. The van der Waals surface area contributed by atoms with Crippen LogP contribution in [-0.2, 0) is 6.42 Å². The number of nitrogens with zero attached hydrogens (tertiary/aromatic N) is 2. The van der Waals surface area contributed by atoms with Crippen LogP contribution in [0.4, 0.5) is 0 Å². The molecule has 0 saturated carbocycles. The maximum atomic E-state index is 4.27. The van der Waals surface area contributed by atoms with Crippen molar-refractivity contribution in [2.75, 3.05) is 0 Å². The Morgan fingerprint density at radius 1 is 1.00 bits per heavy atom. The Morgan fingerprint density at radius 3 is 2.61 bits per heavy atom. The third-order valence-corrected chi connectivity index (χ3v) is 3.61. The zero-order valence-electron chi connectivity index (χ0n) is 11.5. The molecule has 0 amide bonds. The van der Waals surface area contributed by atoms with Crippen molar-refractivity contribution in [2.45, 2.75) is 58.8 Å². The van der Waals surface area contributed by atoms with Crippen LogP contribution in [0.3, 0.4) is 0 Å². The molecule has 0 bridgehead atoms. The Morgan fingerprint density at radius 2 is 1.78 bits per heavy atom. The number of aromatic amines is 1. The average molecular weight is 245 g/mol. The lowest BCUT2D eigenvalue weighted by Gasteiger charge is -2.06. The number of hydrogen-bond donors (Lipinski definition) is 1. The average Bonchev–Trinajstić information content (AvgIpc) is 2.84. The molecule has 0 unspecified atom stereocenters. The van der Waals surface area contributed by atoms with E-state index in [1.54, 1.807) is 0 Å². The van der Waals surface area contributed by atoms with Crippen LogP contribution in [0.5, 0.6) is 0 Å². The second-order valence-corrected chi connectivity index (χ2v) is 5.07. The topological polar surface area (TPSA) is 41.6 Å². The second-order valence-electron chi connectivity index (χ2n) is 5.07. The summed E-state index contributed by atoms with van der Waals surface area (Å²) in [4.78, 5) is 0. The van der Waals surface area contributed by atoms with Gasteiger partial charge in [-0.1, -0.05) is 45.1 Å². The summed E-state index contributed by atoms with van der Waals surface area (Å²) in [6, 6.07) is 4.19. The van der Waals surface area contributed by atoms with Crippen LogP contribution in [0, 0.1) is 6.92 Å². The van der Waals surface area contributed by atoms with E-state index in [0.717, 1.165) is 17.5 Å². The molecule has 0 atom stereocenters. The minimum absolute atomic E-state index is 0.988. The summed E-state index contributed by atoms with van der Waals surface area (Å²) in [5.41, 5.74) is 4.76. The van der Waals surface area contributed by atoms with Crippen molar-refractivity contribution in [3.63, 3.8) is 0 Å². The number of nitrogens with one attached hydrogen (secondary N) is 1. The van der Waals surface area contributed by atoms with E-state index in [0.29, 0.717) is 0 Å². The quantitative estimate of drug-likeness (QED) is 0.744. The molecule has 2 rings (SSSR count). The van der Waals surface area contributed by atoms with Gasteiger partial charge in [0.05, 0.1) is 0 Å². The number of aromatic nitrogens is 3. The van der Waals surface area contributed by atoms with Crippen molar-refractivity contribution in [2.24, 2.45) is 0 Å². The van der Waals surface area contributed by atoms with Gasteiger partial charge in [-0.15, -0.1) is 0 Å². The molecule has 1 heterocycles. The maximum Gasteiger partial charge on any atom is 0.116 e. The Hall–Kier alpha value is -1.38. The summed E-state index contributed by atoms with van der Waals surface area (Å²) in [7, 11) is 0. The van der Waals surface area contributed by atoms with Crippen molar-refractivity contribution in [3.8, 4) is 0 Å². The van der Waals surface area contributed by atoms with Gasteiger partial charge in [-0.25, -0.2) is 0 Å². The number of benzene rings is 1. The van der Waals surface area contributed by atoms with E-state index in [2.05, 4.69) is 35.3 Å². The number of unbranched alkanes of at least 4 members (excludes halogenated alkanes) is 5. The molecule has 1 aromatic heterocycles. The highest BCUT2D eigenvalue weighted by atomic mass is 15.3. The lowest BCUT2D eigenvalue weighted by Crippen LogP contribution is -1.92. The molecule has 18 heavy (non-hydrogen) atoms. The highest BCUT2D eigenvalue weighted by molar-refractivity contribution is 5.78. The van der Waals surface area contributed by atoms with E-state index >= 15 is 0 Å². The number of fused-ring (bicyclic) bond motifs is 1. The van der Waals surface area contributed by atoms with Crippen molar-refractivity contribution >= 4 is 11.0 Å². The number of hydrogen-bond acceptors (Lipinski definition) is 2. The first-order valence-electron chi connectivity index (χ1n) is 7.12. The van der Waals surface area contributed by atoms with Crippen LogP contribution in [0.1, 0.15) is 56.6 Å². The number of rotatable bonds is 7. The fraction of sp³-hybridized carbons (Fsp3) is 0.600. The van der Waals surface area contributed by atoms with E-state index in [1.165, 1.54) is 49.7 Å². The van der Waals surface area contributed by atoms with Crippen LogP contribution in [0.15, 0.2) is 12.1 Å². The summed E-state index contributed by atoms with van der Waals surface area (Å²) in [5, 5.41) is 11.1. The standard InChI is InChI=1S/C15H23N3/c1-3-4-5-6-7-8-9-13-12(2)10-11-14-15(13)17-18-16-14/h10-11H,3-9H2,1-2H3,(H,16,17,18). The minimum atomic E-state index is 0.988. The van der Waals surface area contributed by atoms with Crippen molar-refractivity contribution < 1.29 is 0 Å². The predicted octanol–water partition coefficient (Wildman–Crippen LogP) is 4.17. The van der Waals surface area contributed by atoms with E-state index in [4.69, 9.17) is 0 Å². The third kappa shape index (κ3) is 3.09. The van der Waals surface area contributed by atoms with Gasteiger partial charge in [0, 0.05) is 0 Å². The Balaban J connectivity index is 1.90. The van der Waals surface area contributed by atoms with Gasteiger partial charge in [-0.3, -0.25) is 0 Å². The highest BCUT2D eigenvalue weighted by Gasteiger charge is 2.07. The van der Waals surface area contributed by atoms with E-state index < -0.39 is 0 Å². The van der Waals surface area contributed by atoms with Crippen molar-refractivity contribution in [1.29, 1.82) is 0 Å². The molecule has 1 aromatic carbocycles. The molecule has 98 valence electrons. The minimum Gasteiger partial charge on any atom is -0.197 e. The van der Waals surface area contributed by atoms with Gasteiger partial charge in [0.2, 0.25) is 0 Å². The van der Waals surface area contributed by atoms with E-state index in [9.17, 15) is 0 Å².